The first-order valence-corrected chi connectivity index (χ1v) is 29.1. The second kappa shape index (κ2) is 49.8. The van der Waals surface area contributed by atoms with Gasteiger partial charge < -0.3 is 19.3 Å². The van der Waals surface area contributed by atoms with Crippen molar-refractivity contribution in [2.45, 2.75) is 304 Å². The molecule has 6 heteroatoms. The molecule has 2 unspecified atom stereocenters. The first-order valence-electron chi connectivity index (χ1n) is 29.1. The van der Waals surface area contributed by atoms with Crippen LogP contribution in [0.15, 0.2) is 0 Å². The van der Waals surface area contributed by atoms with Gasteiger partial charge in [0.25, 0.3) is 0 Å². The van der Waals surface area contributed by atoms with E-state index in [0.717, 1.165) is 89.6 Å². The van der Waals surface area contributed by atoms with Crippen molar-refractivity contribution >= 4 is 11.9 Å². The molecule has 382 valence electrons. The molecular formula is C58H116N2O4. The summed E-state index contributed by atoms with van der Waals surface area (Å²) in [6.45, 7) is 19.6. The number of carbonyl (C=O) groups excluding carboxylic acids is 2. The van der Waals surface area contributed by atoms with Crippen molar-refractivity contribution in [2.75, 3.05) is 46.4 Å². The van der Waals surface area contributed by atoms with Crippen molar-refractivity contribution in [3.05, 3.63) is 0 Å². The highest BCUT2D eigenvalue weighted by atomic mass is 16.5. The van der Waals surface area contributed by atoms with E-state index in [4.69, 9.17) is 9.47 Å². The van der Waals surface area contributed by atoms with Crippen LogP contribution in [0.25, 0.3) is 0 Å². The minimum atomic E-state index is 0.0725. The Hall–Kier alpha value is -1.14. The fourth-order valence-corrected chi connectivity index (χ4v) is 9.57. The van der Waals surface area contributed by atoms with Crippen LogP contribution in [0.1, 0.15) is 298 Å². The highest BCUT2D eigenvalue weighted by molar-refractivity contribution is 5.72. The van der Waals surface area contributed by atoms with Crippen LogP contribution in [0.5, 0.6) is 0 Å². The lowest BCUT2D eigenvalue weighted by Crippen LogP contribution is -2.38. The summed E-state index contributed by atoms with van der Waals surface area (Å²) in [6.07, 6.45) is 49.6. The minimum absolute atomic E-state index is 0.0725. The van der Waals surface area contributed by atoms with Crippen molar-refractivity contribution in [1.82, 2.24) is 9.80 Å². The summed E-state index contributed by atoms with van der Waals surface area (Å²) < 4.78 is 11.6. The van der Waals surface area contributed by atoms with E-state index in [9.17, 15) is 9.59 Å². The Morgan fingerprint density at radius 3 is 1.06 bits per heavy atom. The van der Waals surface area contributed by atoms with Crippen LogP contribution in [0.3, 0.4) is 0 Å². The third kappa shape index (κ3) is 40.0. The summed E-state index contributed by atoms with van der Waals surface area (Å²) in [5, 5.41) is 0. The molecule has 0 heterocycles. The topological polar surface area (TPSA) is 59.1 Å². The fraction of sp³-hybridized carbons (Fsp3) is 0.966. The third-order valence-corrected chi connectivity index (χ3v) is 14.2. The molecule has 0 fully saturated rings. The Morgan fingerprint density at radius 1 is 0.344 bits per heavy atom. The Bertz CT molecular complexity index is 905. The molecule has 0 aromatic carbocycles. The van der Waals surface area contributed by atoms with Crippen molar-refractivity contribution in [3.63, 3.8) is 0 Å². The fourth-order valence-electron chi connectivity index (χ4n) is 9.57. The second-order valence-electron chi connectivity index (χ2n) is 20.3. The van der Waals surface area contributed by atoms with Gasteiger partial charge in [-0.25, -0.2) is 0 Å². The minimum Gasteiger partial charge on any atom is -0.465 e. The normalized spacial score (nSPS) is 13.2. The average molecular weight is 906 g/mol. The van der Waals surface area contributed by atoms with Crippen LogP contribution in [-0.2, 0) is 19.1 Å². The van der Waals surface area contributed by atoms with Crippen molar-refractivity contribution in [3.8, 4) is 0 Å². The van der Waals surface area contributed by atoms with Crippen LogP contribution in [-0.4, -0.2) is 74.2 Å². The summed E-state index contributed by atoms with van der Waals surface area (Å²) >= 11 is 0. The van der Waals surface area contributed by atoms with E-state index in [-0.39, 0.29) is 23.8 Å². The van der Waals surface area contributed by atoms with Crippen molar-refractivity contribution in [2.24, 2.45) is 11.8 Å². The molecular weight excluding hydrogens is 789 g/mol. The number of nitrogens with zero attached hydrogens (tertiary/aromatic N) is 2. The van der Waals surface area contributed by atoms with E-state index in [1.54, 1.807) is 0 Å². The first kappa shape index (κ1) is 62.9. The smallest absolute Gasteiger partial charge is 0.308 e. The van der Waals surface area contributed by atoms with Gasteiger partial charge >= 0.3 is 11.9 Å². The molecule has 0 bridgehead atoms. The van der Waals surface area contributed by atoms with Crippen molar-refractivity contribution < 1.29 is 19.1 Å². The molecule has 0 aliphatic carbocycles. The lowest BCUT2D eigenvalue weighted by atomic mass is 9.95. The Labute approximate surface area is 402 Å². The summed E-state index contributed by atoms with van der Waals surface area (Å²) in [7, 11) is 2.28. The molecule has 0 N–H and O–H groups in total. The van der Waals surface area contributed by atoms with E-state index in [2.05, 4.69) is 58.4 Å². The maximum absolute atomic E-state index is 12.9. The lowest BCUT2D eigenvalue weighted by molar-refractivity contribution is -0.150. The van der Waals surface area contributed by atoms with Gasteiger partial charge in [0.1, 0.15) is 0 Å². The molecule has 0 saturated heterocycles. The molecule has 0 aromatic rings. The monoisotopic (exact) mass is 905 g/mol. The number of rotatable bonds is 52. The van der Waals surface area contributed by atoms with E-state index >= 15 is 0 Å². The quantitative estimate of drug-likeness (QED) is 0.0448. The van der Waals surface area contributed by atoms with Crippen LogP contribution in [0.4, 0.5) is 0 Å². The zero-order valence-electron chi connectivity index (χ0n) is 44.8. The van der Waals surface area contributed by atoms with Gasteiger partial charge in [-0.15, -0.1) is 0 Å². The van der Waals surface area contributed by atoms with E-state index in [1.807, 2.05) is 0 Å². The Kier molecular flexibility index (Phi) is 48.9. The summed E-state index contributed by atoms with van der Waals surface area (Å²) in [6, 6.07) is 0.719. The number of esters is 2. The maximum atomic E-state index is 12.9. The van der Waals surface area contributed by atoms with E-state index in [1.165, 1.54) is 199 Å². The highest BCUT2D eigenvalue weighted by Gasteiger charge is 2.21. The van der Waals surface area contributed by atoms with Crippen LogP contribution in [0, 0.1) is 11.8 Å². The third-order valence-electron chi connectivity index (χ3n) is 14.2. The van der Waals surface area contributed by atoms with Crippen LogP contribution in [0.2, 0.25) is 0 Å². The molecule has 0 aliphatic heterocycles. The molecule has 0 spiro atoms. The van der Waals surface area contributed by atoms with Gasteiger partial charge in [0.2, 0.25) is 0 Å². The zero-order valence-corrected chi connectivity index (χ0v) is 44.8. The van der Waals surface area contributed by atoms with Crippen LogP contribution < -0.4 is 0 Å². The number of hydrogen-bond acceptors (Lipinski definition) is 6. The second-order valence-corrected chi connectivity index (χ2v) is 20.3. The van der Waals surface area contributed by atoms with Crippen molar-refractivity contribution in [1.29, 1.82) is 0 Å². The lowest BCUT2D eigenvalue weighted by Gasteiger charge is -2.33. The van der Waals surface area contributed by atoms with Crippen LogP contribution >= 0.6 is 0 Å². The number of carbonyl (C=O) groups is 2. The summed E-state index contributed by atoms with van der Waals surface area (Å²) in [5.41, 5.74) is 0. The molecule has 0 saturated carbocycles. The largest absolute Gasteiger partial charge is 0.465 e. The van der Waals surface area contributed by atoms with Gasteiger partial charge in [0.15, 0.2) is 0 Å². The van der Waals surface area contributed by atoms with Gasteiger partial charge in [-0.05, 0) is 97.4 Å². The number of ether oxygens (including phenoxy) is 2. The molecule has 0 aliphatic rings. The van der Waals surface area contributed by atoms with Gasteiger partial charge in [-0.2, -0.15) is 0 Å². The number of unbranched alkanes of at least 4 members (excludes halogenated alkanes) is 26. The summed E-state index contributed by atoms with van der Waals surface area (Å²) in [5.74, 6) is 0.374. The van der Waals surface area contributed by atoms with E-state index < -0.39 is 0 Å². The maximum Gasteiger partial charge on any atom is 0.308 e. The SMILES string of the molecule is CCCCCCCCCN(CCCN(C)CC)C(CCCCCCCCCOC(=O)C(CCCC)CCCCCC)CCCCCCCCCOC(=O)C(CCCC)CCCCCC. The average Bonchev–Trinajstić information content (AvgIpc) is 3.30. The standard InChI is InChI=1S/C58H116N2O4/c1-8-14-19-22-27-32-39-50-60(51-42-49-59(7)13-6)56(47-37-30-25-23-28-33-40-52-63-57(61)54(43-17-11-4)45-35-20-15-9-2)48-38-31-26-24-29-34-41-53-64-58(62)55(44-18-12-5)46-36-21-16-10-3/h54-56H,8-53H2,1-7H3. The predicted octanol–water partition coefficient (Wildman–Crippen LogP) is 17.6. The molecule has 0 aromatic heterocycles. The molecule has 2 atom stereocenters. The molecule has 64 heavy (non-hydrogen) atoms. The van der Waals surface area contributed by atoms with Gasteiger partial charge in [0.05, 0.1) is 25.0 Å². The van der Waals surface area contributed by atoms with Gasteiger partial charge in [0, 0.05) is 6.04 Å². The van der Waals surface area contributed by atoms with E-state index in [0.29, 0.717) is 13.2 Å². The highest BCUT2D eigenvalue weighted by Crippen LogP contribution is 2.23. The first-order chi connectivity index (χ1) is 31.4. The Balaban J connectivity index is 4.87. The molecule has 6 nitrogen and oxygen atoms in total. The van der Waals surface area contributed by atoms with Gasteiger partial charge in [-0.3, -0.25) is 9.59 Å². The molecule has 0 radical (unpaired) electrons. The molecule has 0 amide bonds. The summed E-state index contributed by atoms with van der Waals surface area (Å²) in [4.78, 5) is 31.1. The predicted molar refractivity (Wildman–Crippen MR) is 280 cm³/mol. The number of hydrogen-bond donors (Lipinski definition) is 0. The van der Waals surface area contributed by atoms with Gasteiger partial charge in [-0.1, -0.05) is 234 Å². The molecule has 0 rings (SSSR count). The zero-order chi connectivity index (χ0) is 47.0. The Morgan fingerprint density at radius 2 is 0.656 bits per heavy atom.